The number of hydrogen-bond acceptors (Lipinski definition) is 10. The van der Waals surface area contributed by atoms with Gasteiger partial charge in [0.2, 0.25) is 5.75 Å². The van der Waals surface area contributed by atoms with Crippen molar-refractivity contribution in [1.82, 2.24) is 10.2 Å². The zero-order valence-corrected chi connectivity index (χ0v) is 17.2. The van der Waals surface area contributed by atoms with E-state index in [4.69, 9.17) is 4.74 Å². The Hall–Kier alpha value is -2.50. The van der Waals surface area contributed by atoms with E-state index in [2.05, 4.69) is 10.2 Å². The number of benzene rings is 2. The summed E-state index contributed by atoms with van der Waals surface area (Å²) < 4.78 is 7.14. The topological polar surface area (TPSA) is 119 Å². The van der Waals surface area contributed by atoms with Crippen molar-refractivity contribution in [1.29, 1.82) is 0 Å². The van der Waals surface area contributed by atoms with Crippen LogP contribution in [0.25, 0.3) is 0 Å². The summed E-state index contributed by atoms with van der Waals surface area (Å²) in [6, 6.07) is 7.14. The van der Waals surface area contributed by atoms with Crippen LogP contribution in [-0.4, -0.2) is 31.6 Å². The maximum absolute atomic E-state index is 11.5. The standard InChI is InChI=1S/C17H15N3O5S3/c1-9-5-13(22)15(7-12(9)21)25-14-4-3-10(6-11(14)20(23)24)8-27-17-19-18-16(26-2)28-17/h3-7,21-22H,8H2,1-2H3. The summed E-state index contributed by atoms with van der Waals surface area (Å²) in [5.74, 6) is 0.0978. The van der Waals surface area contributed by atoms with Crippen LogP contribution in [0.1, 0.15) is 11.1 Å². The molecule has 0 aliphatic rings. The molecule has 3 aromatic rings. The zero-order chi connectivity index (χ0) is 20.3. The molecular weight excluding hydrogens is 422 g/mol. The Balaban J connectivity index is 1.81. The minimum absolute atomic E-state index is 0.0297. The molecule has 1 heterocycles. The van der Waals surface area contributed by atoms with Gasteiger partial charge in [-0.3, -0.25) is 10.1 Å². The van der Waals surface area contributed by atoms with Crippen molar-refractivity contribution in [3.63, 3.8) is 0 Å². The van der Waals surface area contributed by atoms with Crippen molar-refractivity contribution in [2.24, 2.45) is 0 Å². The smallest absolute Gasteiger partial charge is 0.311 e. The number of ether oxygens (including phenoxy) is 1. The number of thioether (sulfide) groups is 2. The highest BCUT2D eigenvalue weighted by molar-refractivity contribution is 8.02. The maximum atomic E-state index is 11.5. The van der Waals surface area contributed by atoms with E-state index in [1.165, 1.54) is 59.1 Å². The number of nitro benzene ring substituents is 1. The van der Waals surface area contributed by atoms with Gasteiger partial charge in [-0.15, -0.1) is 10.2 Å². The molecule has 11 heteroatoms. The molecule has 0 aliphatic carbocycles. The summed E-state index contributed by atoms with van der Waals surface area (Å²) in [5.41, 5.74) is 0.952. The maximum Gasteiger partial charge on any atom is 0.311 e. The second kappa shape index (κ2) is 8.67. The Morgan fingerprint density at radius 1 is 1.14 bits per heavy atom. The fraction of sp³-hybridized carbons (Fsp3) is 0.176. The molecule has 146 valence electrons. The molecular formula is C17H15N3O5S3. The lowest BCUT2D eigenvalue weighted by atomic mass is 10.2. The molecule has 8 nitrogen and oxygen atoms in total. The Kier molecular flexibility index (Phi) is 6.27. The van der Waals surface area contributed by atoms with Gasteiger partial charge < -0.3 is 14.9 Å². The Labute approximate surface area is 172 Å². The van der Waals surface area contributed by atoms with Crippen molar-refractivity contribution >= 4 is 40.5 Å². The van der Waals surface area contributed by atoms with E-state index >= 15 is 0 Å². The molecule has 0 bridgehead atoms. The minimum Gasteiger partial charge on any atom is -0.508 e. The Morgan fingerprint density at radius 2 is 1.89 bits per heavy atom. The number of phenolic OH excluding ortho intramolecular Hbond substituents is 2. The monoisotopic (exact) mass is 437 g/mol. The van der Waals surface area contributed by atoms with Gasteiger partial charge >= 0.3 is 5.69 Å². The SMILES string of the molecule is CSc1nnc(SCc2ccc(Oc3cc(O)c(C)cc3O)c([N+](=O)[O-])c2)s1. The van der Waals surface area contributed by atoms with Gasteiger partial charge in [-0.1, -0.05) is 40.9 Å². The molecule has 0 amide bonds. The molecule has 28 heavy (non-hydrogen) atoms. The molecule has 0 atom stereocenters. The summed E-state index contributed by atoms with van der Waals surface area (Å²) >= 11 is 4.42. The number of nitrogens with zero attached hydrogens (tertiary/aromatic N) is 3. The van der Waals surface area contributed by atoms with E-state index < -0.39 is 4.92 Å². The number of aromatic hydroxyl groups is 2. The summed E-state index contributed by atoms with van der Waals surface area (Å²) in [5, 5.41) is 39.3. The van der Waals surface area contributed by atoms with Crippen LogP contribution in [0.15, 0.2) is 39.0 Å². The van der Waals surface area contributed by atoms with E-state index in [-0.39, 0.29) is 28.7 Å². The van der Waals surface area contributed by atoms with Gasteiger partial charge in [-0.25, -0.2) is 0 Å². The molecule has 3 rings (SSSR count). The summed E-state index contributed by atoms with van der Waals surface area (Å²) in [4.78, 5) is 10.9. The first kappa shape index (κ1) is 20.2. The van der Waals surface area contributed by atoms with Crippen LogP contribution in [0.2, 0.25) is 0 Å². The van der Waals surface area contributed by atoms with Crippen molar-refractivity contribution < 1.29 is 19.9 Å². The molecule has 2 N–H and O–H groups in total. The largest absolute Gasteiger partial charge is 0.508 e. The van der Waals surface area contributed by atoms with Gasteiger partial charge in [-0.2, -0.15) is 0 Å². The van der Waals surface area contributed by atoms with Gasteiger partial charge in [0, 0.05) is 17.9 Å². The average molecular weight is 438 g/mol. The van der Waals surface area contributed by atoms with Gasteiger partial charge in [0.05, 0.1) is 4.92 Å². The number of rotatable bonds is 7. The minimum atomic E-state index is -0.550. The van der Waals surface area contributed by atoms with Crippen LogP contribution >= 0.6 is 34.9 Å². The molecule has 0 saturated carbocycles. The molecule has 0 radical (unpaired) electrons. The highest BCUT2D eigenvalue weighted by atomic mass is 32.2. The van der Waals surface area contributed by atoms with E-state index in [0.29, 0.717) is 11.3 Å². The van der Waals surface area contributed by atoms with E-state index in [1.807, 2.05) is 6.26 Å². The highest BCUT2D eigenvalue weighted by Gasteiger charge is 2.19. The fourth-order valence-corrected chi connectivity index (χ4v) is 4.61. The third-order valence-electron chi connectivity index (χ3n) is 3.64. The zero-order valence-electron chi connectivity index (χ0n) is 14.8. The normalized spacial score (nSPS) is 10.8. The molecule has 2 aromatic carbocycles. The predicted octanol–water partition coefficient (Wildman–Crippen LogP) is 4.97. The molecule has 1 aromatic heterocycles. The molecule has 0 saturated heterocycles. The Bertz CT molecular complexity index is 1030. The van der Waals surface area contributed by atoms with Crippen LogP contribution in [0, 0.1) is 17.0 Å². The molecule has 0 fully saturated rings. The van der Waals surface area contributed by atoms with Crippen LogP contribution in [0.3, 0.4) is 0 Å². The van der Waals surface area contributed by atoms with Crippen molar-refractivity contribution in [2.45, 2.75) is 21.4 Å². The van der Waals surface area contributed by atoms with Gasteiger partial charge in [0.1, 0.15) is 5.75 Å². The second-order valence-electron chi connectivity index (χ2n) is 5.59. The highest BCUT2D eigenvalue weighted by Crippen LogP contribution is 2.40. The van der Waals surface area contributed by atoms with E-state index in [1.54, 1.807) is 13.0 Å². The first-order valence-corrected chi connectivity index (χ1v) is 10.9. The van der Waals surface area contributed by atoms with Crippen molar-refractivity contribution in [2.75, 3.05) is 6.26 Å². The number of phenols is 2. The summed E-state index contributed by atoms with van der Waals surface area (Å²) in [6.45, 7) is 1.62. The van der Waals surface area contributed by atoms with Crippen LogP contribution < -0.4 is 4.74 Å². The van der Waals surface area contributed by atoms with E-state index in [0.717, 1.165) is 14.2 Å². The third-order valence-corrected chi connectivity index (χ3v) is 6.75. The van der Waals surface area contributed by atoms with Crippen molar-refractivity contribution in [3.8, 4) is 23.0 Å². The van der Waals surface area contributed by atoms with E-state index in [9.17, 15) is 20.3 Å². The van der Waals surface area contributed by atoms with Crippen LogP contribution in [-0.2, 0) is 5.75 Å². The quantitative estimate of drug-likeness (QED) is 0.228. The molecule has 0 unspecified atom stereocenters. The van der Waals surface area contributed by atoms with Crippen LogP contribution in [0.5, 0.6) is 23.0 Å². The van der Waals surface area contributed by atoms with Crippen molar-refractivity contribution in [3.05, 3.63) is 51.6 Å². The average Bonchev–Trinajstić information content (AvgIpc) is 3.13. The lowest BCUT2D eigenvalue weighted by Crippen LogP contribution is -1.95. The number of hydrogen-bond donors (Lipinski definition) is 2. The predicted molar refractivity (Wildman–Crippen MR) is 109 cm³/mol. The molecule has 0 aliphatic heterocycles. The number of nitro groups is 1. The first-order chi connectivity index (χ1) is 13.4. The summed E-state index contributed by atoms with van der Waals surface area (Å²) in [6.07, 6.45) is 1.92. The van der Waals surface area contributed by atoms with Gasteiger partial charge in [-0.05, 0) is 36.4 Å². The van der Waals surface area contributed by atoms with Gasteiger partial charge in [0.25, 0.3) is 0 Å². The first-order valence-electron chi connectivity index (χ1n) is 7.85. The second-order valence-corrected chi connectivity index (χ2v) is 8.85. The number of aryl methyl sites for hydroxylation is 1. The lowest BCUT2D eigenvalue weighted by molar-refractivity contribution is -0.385. The van der Waals surface area contributed by atoms with Gasteiger partial charge in [0.15, 0.2) is 20.2 Å². The van der Waals surface area contributed by atoms with Crippen LogP contribution in [0.4, 0.5) is 5.69 Å². The third kappa shape index (κ3) is 4.66. The molecule has 0 spiro atoms. The lowest BCUT2D eigenvalue weighted by Gasteiger charge is -2.10. The Morgan fingerprint density at radius 3 is 2.57 bits per heavy atom. The fourth-order valence-electron chi connectivity index (χ4n) is 2.23. The number of aromatic nitrogens is 2. The summed E-state index contributed by atoms with van der Waals surface area (Å²) in [7, 11) is 0.